The number of primary amides is 1. The number of ether oxygens (including phenoxy) is 1. The van der Waals surface area contributed by atoms with E-state index in [2.05, 4.69) is 0 Å². The minimum absolute atomic E-state index is 0.100. The van der Waals surface area contributed by atoms with Gasteiger partial charge in [0.15, 0.2) is 0 Å². The molecule has 0 aromatic heterocycles. The van der Waals surface area contributed by atoms with Crippen LogP contribution in [0.5, 0.6) is 5.75 Å². The minimum atomic E-state index is -0.446. The van der Waals surface area contributed by atoms with Gasteiger partial charge in [-0.15, -0.1) is 0 Å². The molecule has 114 valence electrons. The quantitative estimate of drug-likeness (QED) is 0.897. The molecule has 0 aliphatic carbocycles. The normalized spacial score (nSPS) is 17.8. The number of halogens is 2. The van der Waals surface area contributed by atoms with E-state index < -0.39 is 5.82 Å². The molecule has 21 heavy (non-hydrogen) atoms. The monoisotopic (exact) mass is 314 g/mol. The SMILES string of the molecule is NC(=O)C1CCN(C(=O)CCOc2ccc(F)cc2Cl)C1. The fourth-order valence-electron chi connectivity index (χ4n) is 2.22. The molecule has 1 aromatic carbocycles. The zero-order chi connectivity index (χ0) is 15.4. The van der Waals surface area contributed by atoms with Gasteiger partial charge in [0.1, 0.15) is 11.6 Å². The molecule has 1 aliphatic rings. The summed E-state index contributed by atoms with van der Waals surface area (Å²) in [7, 11) is 0. The van der Waals surface area contributed by atoms with Gasteiger partial charge in [-0.25, -0.2) is 4.39 Å². The molecule has 2 amide bonds. The van der Waals surface area contributed by atoms with Crippen molar-refractivity contribution in [2.45, 2.75) is 12.8 Å². The first-order valence-corrected chi connectivity index (χ1v) is 7.00. The molecular formula is C14H16ClFN2O3. The van der Waals surface area contributed by atoms with Crippen LogP contribution in [0.2, 0.25) is 5.02 Å². The predicted molar refractivity (Wildman–Crippen MR) is 75.4 cm³/mol. The lowest BCUT2D eigenvalue weighted by Gasteiger charge is -2.16. The first-order valence-electron chi connectivity index (χ1n) is 6.62. The number of benzene rings is 1. The van der Waals surface area contributed by atoms with Gasteiger partial charge in [0, 0.05) is 13.1 Å². The molecule has 1 unspecified atom stereocenters. The topological polar surface area (TPSA) is 72.6 Å². The van der Waals surface area contributed by atoms with Crippen molar-refractivity contribution in [1.82, 2.24) is 4.90 Å². The molecule has 2 N–H and O–H groups in total. The molecule has 0 bridgehead atoms. The number of amides is 2. The van der Waals surface area contributed by atoms with Crippen molar-refractivity contribution in [2.75, 3.05) is 19.7 Å². The minimum Gasteiger partial charge on any atom is -0.491 e. The predicted octanol–water partition coefficient (Wildman–Crippen LogP) is 1.58. The molecule has 0 radical (unpaired) electrons. The third kappa shape index (κ3) is 4.07. The molecule has 0 saturated carbocycles. The Hall–Kier alpha value is -1.82. The fraction of sp³-hybridized carbons (Fsp3) is 0.429. The maximum atomic E-state index is 12.9. The number of nitrogens with zero attached hydrogens (tertiary/aromatic N) is 1. The zero-order valence-electron chi connectivity index (χ0n) is 11.4. The van der Waals surface area contributed by atoms with Crippen molar-refractivity contribution in [3.05, 3.63) is 29.0 Å². The molecule has 5 nitrogen and oxygen atoms in total. The highest BCUT2D eigenvalue weighted by Crippen LogP contribution is 2.25. The summed E-state index contributed by atoms with van der Waals surface area (Å²) >= 11 is 5.81. The van der Waals surface area contributed by atoms with Crippen LogP contribution >= 0.6 is 11.6 Å². The molecule has 7 heteroatoms. The summed E-state index contributed by atoms with van der Waals surface area (Å²) in [5.41, 5.74) is 5.22. The molecule has 2 rings (SSSR count). The van der Waals surface area contributed by atoms with Gasteiger partial charge in [-0.1, -0.05) is 11.6 Å². The second kappa shape index (κ2) is 6.76. The highest BCUT2D eigenvalue weighted by atomic mass is 35.5. The Morgan fingerprint density at radius 3 is 2.86 bits per heavy atom. The smallest absolute Gasteiger partial charge is 0.226 e. The van der Waals surface area contributed by atoms with Gasteiger partial charge in [-0.3, -0.25) is 9.59 Å². The summed E-state index contributed by atoms with van der Waals surface area (Å²) < 4.78 is 18.2. The average Bonchev–Trinajstić information content (AvgIpc) is 2.91. The van der Waals surface area contributed by atoms with Crippen LogP contribution in [0.4, 0.5) is 4.39 Å². The number of likely N-dealkylation sites (tertiary alicyclic amines) is 1. The van der Waals surface area contributed by atoms with E-state index in [0.717, 1.165) is 6.07 Å². The van der Waals surface area contributed by atoms with Gasteiger partial charge >= 0.3 is 0 Å². The van der Waals surface area contributed by atoms with Crippen molar-refractivity contribution < 1.29 is 18.7 Å². The highest BCUT2D eigenvalue weighted by molar-refractivity contribution is 6.32. The lowest BCUT2D eigenvalue weighted by molar-refractivity contribution is -0.131. The van der Waals surface area contributed by atoms with E-state index in [9.17, 15) is 14.0 Å². The maximum Gasteiger partial charge on any atom is 0.226 e. The van der Waals surface area contributed by atoms with Crippen LogP contribution in [0, 0.1) is 11.7 Å². The van der Waals surface area contributed by atoms with Crippen molar-refractivity contribution in [1.29, 1.82) is 0 Å². The molecule has 1 aliphatic heterocycles. The Kier molecular flexibility index (Phi) is 5.01. The Bertz CT molecular complexity index is 553. The molecule has 1 fully saturated rings. The van der Waals surface area contributed by atoms with Gasteiger partial charge in [0.05, 0.1) is 24.0 Å². The van der Waals surface area contributed by atoms with Gasteiger partial charge in [-0.05, 0) is 24.6 Å². The van der Waals surface area contributed by atoms with Gasteiger partial charge < -0.3 is 15.4 Å². The highest BCUT2D eigenvalue weighted by Gasteiger charge is 2.29. The summed E-state index contributed by atoms with van der Waals surface area (Å²) in [6.45, 7) is 1.04. The summed E-state index contributed by atoms with van der Waals surface area (Å²) in [6.07, 6.45) is 0.769. The molecule has 1 heterocycles. The zero-order valence-corrected chi connectivity index (χ0v) is 12.1. The van der Waals surface area contributed by atoms with E-state index >= 15 is 0 Å². The number of rotatable bonds is 5. The fourth-order valence-corrected chi connectivity index (χ4v) is 2.44. The lowest BCUT2D eigenvalue weighted by atomic mass is 10.1. The van der Waals surface area contributed by atoms with Crippen LogP contribution < -0.4 is 10.5 Å². The van der Waals surface area contributed by atoms with E-state index in [4.69, 9.17) is 22.1 Å². The molecular weight excluding hydrogens is 299 g/mol. The van der Waals surface area contributed by atoms with E-state index in [1.165, 1.54) is 12.1 Å². The van der Waals surface area contributed by atoms with Crippen LogP contribution in [0.15, 0.2) is 18.2 Å². The summed E-state index contributed by atoms with van der Waals surface area (Å²) in [4.78, 5) is 24.6. The molecule has 1 atom stereocenters. The van der Waals surface area contributed by atoms with Crippen molar-refractivity contribution in [3.8, 4) is 5.75 Å². The number of hydrogen-bond donors (Lipinski definition) is 1. The third-order valence-electron chi connectivity index (χ3n) is 3.41. The van der Waals surface area contributed by atoms with E-state index in [1.807, 2.05) is 0 Å². The van der Waals surface area contributed by atoms with Gasteiger partial charge in [0.25, 0.3) is 0 Å². The van der Waals surface area contributed by atoms with Crippen molar-refractivity contribution >= 4 is 23.4 Å². The molecule has 1 aromatic rings. The average molecular weight is 315 g/mol. The van der Waals surface area contributed by atoms with Crippen LogP contribution in [-0.4, -0.2) is 36.4 Å². The standard InChI is InChI=1S/C14H16ClFN2O3/c15-11-7-10(16)1-2-12(11)21-6-4-13(19)18-5-3-9(8-18)14(17)20/h1-2,7,9H,3-6,8H2,(H2,17,20). The lowest BCUT2D eigenvalue weighted by Crippen LogP contribution is -2.32. The van der Waals surface area contributed by atoms with Gasteiger partial charge in [0.2, 0.25) is 11.8 Å². The van der Waals surface area contributed by atoms with E-state index in [0.29, 0.717) is 25.3 Å². The van der Waals surface area contributed by atoms with Gasteiger partial charge in [-0.2, -0.15) is 0 Å². The Labute approximate surface area is 126 Å². The molecule has 1 saturated heterocycles. The Morgan fingerprint density at radius 2 is 2.24 bits per heavy atom. The van der Waals surface area contributed by atoms with Crippen molar-refractivity contribution in [3.63, 3.8) is 0 Å². The number of hydrogen-bond acceptors (Lipinski definition) is 3. The van der Waals surface area contributed by atoms with Crippen LogP contribution in [0.3, 0.4) is 0 Å². The second-order valence-electron chi connectivity index (χ2n) is 4.90. The first-order chi connectivity index (χ1) is 9.97. The Balaban J connectivity index is 1.78. The maximum absolute atomic E-state index is 12.9. The van der Waals surface area contributed by atoms with Crippen molar-refractivity contribution in [2.24, 2.45) is 11.7 Å². The van der Waals surface area contributed by atoms with E-state index in [1.54, 1.807) is 4.90 Å². The summed E-state index contributed by atoms with van der Waals surface area (Å²) in [5.74, 6) is -0.849. The first kappa shape index (κ1) is 15.6. The van der Waals surface area contributed by atoms with Crippen LogP contribution in [0.25, 0.3) is 0 Å². The summed E-state index contributed by atoms with van der Waals surface area (Å²) in [5, 5.41) is 0.164. The van der Waals surface area contributed by atoms with E-state index in [-0.39, 0.29) is 35.8 Å². The Morgan fingerprint density at radius 1 is 1.48 bits per heavy atom. The van der Waals surface area contributed by atoms with Crippen LogP contribution in [0.1, 0.15) is 12.8 Å². The number of nitrogens with two attached hydrogens (primary N) is 1. The van der Waals surface area contributed by atoms with Crippen LogP contribution in [-0.2, 0) is 9.59 Å². The largest absolute Gasteiger partial charge is 0.491 e. The second-order valence-corrected chi connectivity index (χ2v) is 5.31. The third-order valence-corrected chi connectivity index (χ3v) is 3.71. The molecule has 0 spiro atoms. The number of carbonyl (C=O) groups excluding carboxylic acids is 2. The number of carbonyl (C=O) groups is 2. The summed E-state index contributed by atoms with van der Waals surface area (Å²) in [6, 6.07) is 3.80.